The first-order valence-corrected chi connectivity index (χ1v) is 4.75. The van der Waals surface area contributed by atoms with E-state index in [1.165, 1.54) is 0 Å². The van der Waals surface area contributed by atoms with Crippen LogP contribution in [0.1, 0.15) is 11.1 Å². The molecule has 0 spiro atoms. The molecule has 0 amide bonds. The van der Waals surface area contributed by atoms with Gasteiger partial charge in [0.1, 0.15) is 5.75 Å². The van der Waals surface area contributed by atoms with Gasteiger partial charge in [-0.1, -0.05) is 0 Å². The van der Waals surface area contributed by atoms with Crippen LogP contribution in [0.25, 0.3) is 0 Å². The highest BCUT2D eigenvalue weighted by atomic mass is 16.7. The van der Waals surface area contributed by atoms with Crippen LogP contribution < -0.4 is 14.2 Å². The largest absolute Gasteiger partial charge is 0.467 e. The lowest BCUT2D eigenvalue weighted by Gasteiger charge is -2.11. The molecule has 1 aromatic rings. The second kappa shape index (κ2) is 3.98. The maximum atomic E-state index is 5.43. The summed E-state index contributed by atoms with van der Waals surface area (Å²) < 4.78 is 21.0. The van der Waals surface area contributed by atoms with Gasteiger partial charge in [-0.25, -0.2) is 0 Å². The average molecular weight is 210 g/mol. The third-order valence-corrected chi connectivity index (χ3v) is 2.36. The van der Waals surface area contributed by atoms with E-state index in [9.17, 15) is 0 Å². The van der Waals surface area contributed by atoms with Crippen molar-refractivity contribution < 1.29 is 18.9 Å². The Morgan fingerprint density at radius 2 is 2.00 bits per heavy atom. The van der Waals surface area contributed by atoms with Gasteiger partial charge in [-0.2, -0.15) is 0 Å². The average Bonchev–Trinajstić information content (AvgIpc) is 2.70. The molecule has 1 aromatic carbocycles. The van der Waals surface area contributed by atoms with Crippen LogP contribution in [0.3, 0.4) is 0 Å². The molecule has 0 radical (unpaired) electrons. The molecule has 1 aliphatic heterocycles. The molecular formula is C11H14O4. The van der Waals surface area contributed by atoms with E-state index >= 15 is 0 Å². The van der Waals surface area contributed by atoms with Crippen molar-refractivity contribution >= 4 is 0 Å². The summed E-state index contributed by atoms with van der Waals surface area (Å²) in [5.74, 6) is 2.37. The van der Waals surface area contributed by atoms with Gasteiger partial charge < -0.3 is 18.9 Å². The number of methoxy groups -OCH3 is 1. The van der Waals surface area contributed by atoms with E-state index in [1.807, 2.05) is 19.9 Å². The van der Waals surface area contributed by atoms with E-state index in [0.717, 1.165) is 28.4 Å². The van der Waals surface area contributed by atoms with Crippen molar-refractivity contribution in [2.24, 2.45) is 0 Å². The molecule has 0 bridgehead atoms. The van der Waals surface area contributed by atoms with E-state index in [-0.39, 0.29) is 13.6 Å². The van der Waals surface area contributed by atoms with Crippen molar-refractivity contribution in [2.75, 3.05) is 20.7 Å². The van der Waals surface area contributed by atoms with Gasteiger partial charge in [0.05, 0.1) is 0 Å². The maximum Gasteiger partial charge on any atom is 0.231 e. The molecule has 0 atom stereocenters. The number of hydrogen-bond acceptors (Lipinski definition) is 4. The number of hydrogen-bond donors (Lipinski definition) is 0. The zero-order chi connectivity index (χ0) is 10.8. The molecule has 4 nitrogen and oxygen atoms in total. The minimum atomic E-state index is 0.236. The second-order valence-corrected chi connectivity index (χ2v) is 3.43. The molecule has 15 heavy (non-hydrogen) atoms. The Morgan fingerprint density at radius 1 is 1.27 bits per heavy atom. The van der Waals surface area contributed by atoms with Gasteiger partial charge in [0, 0.05) is 12.7 Å². The number of ether oxygens (including phenoxy) is 4. The minimum absolute atomic E-state index is 0.236. The highest BCUT2D eigenvalue weighted by Crippen LogP contribution is 2.42. The topological polar surface area (TPSA) is 36.9 Å². The Hall–Kier alpha value is -1.42. The number of aryl methyl sites for hydroxylation is 1. The molecule has 0 fully saturated rings. The fraction of sp³-hybridized carbons (Fsp3) is 0.455. The zero-order valence-corrected chi connectivity index (χ0v) is 9.12. The van der Waals surface area contributed by atoms with Gasteiger partial charge in [-0.05, 0) is 25.5 Å². The van der Waals surface area contributed by atoms with Crippen LogP contribution >= 0.6 is 0 Å². The van der Waals surface area contributed by atoms with Gasteiger partial charge in [-0.3, -0.25) is 0 Å². The van der Waals surface area contributed by atoms with Crippen molar-refractivity contribution in [3.63, 3.8) is 0 Å². The molecule has 0 unspecified atom stereocenters. The molecule has 82 valence electrons. The van der Waals surface area contributed by atoms with Crippen molar-refractivity contribution in [2.45, 2.75) is 13.8 Å². The summed E-state index contributed by atoms with van der Waals surface area (Å²) in [6, 6.07) is 1.93. The molecule has 0 N–H and O–H groups in total. The summed E-state index contributed by atoms with van der Waals surface area (Å²) in [6.45, 7) is 4.43. The van der Waals surface area contributed by atoms with Gasteiger partial charge in [0.2, 0.25) is 6.79 Å². The lowest BCUT2D eigenvalue weighted by molar-refractivity contribution is 0.0504. The highest BCUT2D eigenvalue weighted by Gasteiger charge is 2.21. The quantitative estimate of drug-likeness (QED) is 0.715. The molecule has 0 saturated carbocycles. The number of benzene rings is 1. The van der Waals surface area contributed by atoms with Gasteiger partial charge in [0.15, 0.2) is 18.3 Å². The smallest absolute Gasteiger partial charge is 0.231 e. The monoisotopic (exact) mass is 210 g/mol. The summed E-state index contributed by atoms with van der Waals surface area (Å²) in [5.41, 5.74) is 1.96. The van der Waals surface area contributed by atoms with E-state index < -0.39 is 0 Å². The first-order chi connectivity index (χ1) is 7.24. The summed E-state index contributed by atoms with van der Waals surface area (Å²) in [6.07, 6.45) is 0. The van der Waals surface area contributed by atoms with Crippen LogP contribution in [0.2, 0.25) is 0 Å². The van der Waals surface area contributed by atoms with Crippen LogP contribution in [-0.4, -0.2) is 20.7 Å². The SMILES string of the molecule is COCOc1cc(C)c2c(c1C)OCO2. The number of rotatable bonds is 3. The Bertz CT molecular complexity index is 373. The Kier molecular flexibility index (Phi) is 2.68. The fourth-order valence-corrected chi connectivity index (χ4v) is 1.60. The minimum Gasteiger partial charge on any atom is -0.467 e. The van der Waals surface area contributed by atoms with E-state index in [2.05, 4.69) is 0 Å². The van der Waals surface area contributed by atoms with E-state index in [0.29, 0.717) is 0 Å². The predicted octanol–water partition coefficient (Wildman–Crippen LogP) is 2.01. The maximum absolute atomic E-state index is 5.43. The lowest BCUT2D eigenvalue weighted by Crippen LogP contribution is -2.01. The standard InChI is InChI=1S/C11H14O4/c1-7-4-9(13-5-12-3)8(2)11-10(7)14-6-15-11/h4H,5-6H2,1-3H3. The van der Waals surface area contributed by atoms with Crippen LogP contribution in [0.4, 0.5) is 0 Å². The fourth-order valence-electron chi connectivity index (χ4n) is 1.60. The third kappa shape index (κ3) is 1.72. The lowest BCUT2D eigenvalue weighted by atomic mass is 10.1. The summed E-state index contributed by atoms with van der Waals surface area (Å²) in [5, 5.41) is 0. The first kappa shape index (κ1) is 10.1. The van der Waals surface area contributed by atoms with Gasteiger partial charge in [0.25, 0.3) is 0 Å². The van der Waals surface area contributed by atoms with Crippen molar-refractivity contribution in [3.8, 4) is 17.2 Å². The van der Waals surface area contributed by atoms with E-state index in [1.54, 1.807) is 7.11 Å². The molecule has 0 aliphatic carbocycles. The van der Waals surface area contributed by atoms with E-state index in [4.69, 9.17) is 18.9 Å². The molecule has 1 heterocycles. The predicted molar refractivity (Wildman–Crippen MR) is 54.5 cm³/mol. The summed E-state index contributed by atoms with van der Waals surface area (Å²) >= 11 is 0. The van der Waals surface area contributed by atoms with Crippen LogP contribution in [0.5, 0.6) is 17.2 Å². The normalized spacial score (nSPS) is 13.0. The zero-order valence-electron chi connectivity index (χ0n) is 9.12. The molecule has 0 aromatic heterocycles. The summed E-state index contributed by atoms with van der Waals surface area (Å²) in [7, 11) is 1.59. The highest BCUT2D eigenvalue weighted by molar-refractivity contribution is 5.58. The summed E-state index contributed by atoms with van der Waals surface area (Å²) in [4.78, 5) is 0. The van der Waals surface area contributed by atoms with Crippen LogP contribution in [0.15, 0.2) is 6.07 Å². The number of fused-ring (bicyclic) bond motifs is 1. The first-order valence-electron chi connectivity index (χ1n) is 4.75. The Balaban J connectivity index is 2.36. The third-order valence-electron chi connectivity index (χ3n) is 2.36. The van der Waals surface area contributed by atoms with Crippen molar-refractivity contribution in [3.05, 3.63) is 17.2 Å². The van der Waals surface area contributed by atoms with Crippen molar-refractivity contribution in [1.82, 2.24) is 0 Å². The molecule has 2 rings (SSSR count). The molecule has 0 saturated heterocycles. The van der Waals surface area contributed by atoms with Crippen LogP contribution in [0, 0.1) is 13.8 Å². The van der Waals surface area contributed by atoms with Crippen LogP contribution in [-0.2, 0) is 4.74 Å². The molecular weight excluding hydrogens is 196 g/mol. The molecule has 1 aliphatic rings. The Labute approximate surface area is 88.7 Å². The van der Waals surface area contributed by atoms with Crippen molar-refractivity contribution in [1.29, 1.82) is 0 Å². The van der Waals surface area contributed by atoms with Gasteiger partial charge in [-0.15, -0.1) is 0 Å². The molecule has 4 heteroatoms. The second-order valence-electron chi connectivity index (χ2n) is 3.43. The van der Waals surface area contributed by atoms with Gasteiger partial charge >= 0.3 is 0 Å². The Morgan fingerprint density at radius 3 is 2.73 bits per heavy atom.